The van der Waals surface area contributed by atoms with Crippen LogP contribution in [0.25, 0.3) is 0 Å². The first-order chi connectivity index (χ1) is 5.34. The van der Waals surface area contributed by atoms with E-state index < -0.39 is 0 Å². The van der Waals surface area contributed by atoms with Gasteiger partial charge in [0.1, 0.15) is 0 Å². The van der Waals surface area contributed by atoms with Crippen molar-refractivity contribution in [2.45, 2.75) is 52.0 Å². The first kappa shape index (κ1) is 9.05. The fraction of sp³-hybridized carbons (Fsp3) is 1.00. The summed E-state index contributed by atoms with van der Waals surface area (Å²) in [6.07, 6.45) is 6.94. The van der Waals surface area contributed by atoms with Crippen LogP contribution in [0.15, 0.2) is 0 Å². The molecular formula is C10H21N. The number of hydrogen-bond acceptors (Lipinski definition) is 1. The van der Waals surface area contributed by atoms with Crippen LogP contribution in [0.4, 0.5) is 0 Å². The number of hydrogen-bond donors (Lipinski definition) is 1. The van der Waals surface area contributed by atoms with Gasteiger partial charge in [0, 0.05) is 6.04 Å². The van der Waals surface area contributed by atoms with E-state index in [1.165, 1.54) is 38.6 Å². The molecule has 0 aromatic rings. The minimum atomic E-state index is 0.872. The quantitative estimate of drug-likeness (QED) is 0.581. The largest absolute Gasteiger partial charge is 0.314 e. The summed E-state index contributed by atoms with van der Waals surface area (Å²) >= 11 is 0. The third kappa shape index (κ3) is 3.76. The minimum Gasteiger partial charge on any atom is -0.314 e. The second-order valence-corrected chi connectivity index (χ2v) is 3.83. The summed E-state index contributed by atoms with van der Waals surface area (Å²) in [6, 6.07) is 0.872. The molecule has 0 bridgehead atoms. The number of nitrogens with one attached hydrogen (secondary N) is 1. The summed E-state index contributed by atoms with van der Waals surface area (Å²) < 4.78 is 0. The van der Waals surface area contributed by atoms with E-state index in [1.807, 2.05) is 0 Å². The van der Waals surface area contributed by atoms with Crippen LogP contribution in [-0.4, -0.2) is 12.6 Å². The Labute approximate surface area is 70.6 Å². The van der Waals surface area contributed by atoms with E-state index in [2.05, 4.69) is 19.2 Å². The SMILES string of the molecule is CCCCCCNC1CC1C. The van der Waals surface area contributed by atoms with Gasteiger partial charge in [-0.05, 0) is 25.3 Å². The lowest BCUT2D eigenvalue weighted by molar-refractivity contribution is 0.582. The fourth-order valence-corrected chi connectivity index (χ4v) is 1.45. The summed E-state index contributed by atoms with van der Waals surface area (Å²) in [5.74, 6) is 0.959. The Hall–Kier alpha value is -0.0400. The maximum absolute atomic E-state index is 3.57. The summed E-state index contributed by atoms with van der Waals surface area (Å²) in [5.41, 5.74) is 0. The van der Waals surface area contributed by atoms with Crippen LogP contribution in [0, 0.1) is 5.92 Å². The molecule has 2 unspecified atom stereocenters. The summed E-state index contributed by atoms with van der Waals surface area (Å²) in [7, 11) is 0. The maximum atomic E-state index is 3.57. The van der Waals surface area contributed by atoms with Gasteiger partial charge in [-0.2, -0.15) is 0 Å². The Kier molecular flexibility index (Phi) is 3.92. The number of rotatable bonds is 6. The van der Waals surface area contributed by atoms with Crippen LogP contribution in [0.3, 0.4) is 0 Å². The van der Waals surface area contributed by atoms with Crippen LogP contribution in [0.5, 0.6) is 0 Å². The van der Waals surface area contributed by atoms with E-state index in [-0.39, 0.29) is 0 Å². The van der Waals surface area contributed by atoms with Crippen molar-refractivity contribution in [3.63, 3.8) is 0 Å². The predicted octanol–water partition coefficient (Wildman–Crippen LogP) is 2.56. The zero-order valence-electron chi connectivity index (χ0n) is 7.90. The lowest BCUT2D eigenvalue weighted by Crippen LogP contribution is -2.18. The van der Waals surface area contributed by atoms with Gasteiger partial charge in [0.15, 0.2) is 0 Å². The van der Waals surface area contributed by atoms with Crippen molar-refractivity contribution in [1.29, 1.82) is 0 Å². The predicted molar refractivity (Wildman–Crippen MR) is 49.7 cm³/mol. The van der Waals surface area contributed by atoms with E-state index in [0.29, 0.717) is 0 Å². The Bertz CT molecular complexity index is 101. The Morgan fingerprint density at radius 2 is 2.00 bits per heavy atom. The van der Waals surface area contributed by atoms with E-state index in [4.69, 9.17) is 0 Å². The maximum Gasteiger partial charge on any atom is 0.00963 e. The molecule has 0 saturated heterocycles. The molecule has 1 rings (SSSR count). The minimum absolute atomic E-state index is 0.872. The van der Waals surface area contributed by atoms with Crippen LogP contribution in [0.2, 0.25) is 0 Å². The monoisotopic (exact) mass is 155 g/mol. The molecular weight excluding hydrogens is 134 g/mol. The smallest absolute Gasteiger partial charge is 0.00963 e. The van der Waals surface area contributed by atoms with Crippen molar-refractivity contribution < 1.29 is 0 Å². The van der Waals surface area contributed by atoms with E-state index >= 15 is 0 Å². The van der Waals surface area contributed by atoms with Crippen molar-refractivity contribution in [1.82, 2.24) is 5.32 Å². The van der Waals surface area contributed by atoms with Gasteiger partial charge in [-0.25, -0.2) is 0 Å². The molecule has 0 aliphatic heterocycles. The molecule has 1 nitrogen and oxygen atoms in total. The van der Waals surface area contributed by atoms with E-state index in [9.17, 15) is 0 Å². The topological polar surface area (TPSA) is 12.0 Å². The molecule has 0 aromatic heterocycles. The van der Waals surface area contributed by atoms with Crippen molar-refractivity contribution in [2.75, 3.05) is 6.54 Å². The van der Waals surface area contributed by atoms with Gasteiger partial charge in [0.2, 0.25) is 0 Å². The van der Waals surface area contributed by atoms with E-state index in [1.54, 1.807) is 0 Å². The molecule has 0 radical (unpaired) electrons. The lowest BCUT2D eigenvalue weighted by atomic mass is 10.2. The van der Waals surface area contributed by atoms with E-state index in [0.717, 1.165) is 12.0 Å². The van der Waals surface area contributed by atoms with Crippen molar-refractivity contribution >= 4 is 0 Å². The van der Waals surface area contributed by atoms with Gasteiger partial charge in [0.25, 0.3) is 0 Å². The zero-order valence-corrected chi connectivity index (χ0v) is 7.90. The van der Waals surface area contributed by atoms with Crippen LogP contribution < -0.4 is 5.32 Å². The third-order valence-corrected chi connectivity index (χ3v) is 2.55. The lowest BCUT2D eigenvalue weighted by Gasteiger charge is -2.01. The summed E-state index contributed by atoms with van der Waals surface area (Å²) in [4.78, 5) is 0. The Balaban J connectivity index is 1.74. The molecule has 1 saturated carbocycles. The molecule has 0 spiro atoms. The van der Waals surface area contributed by atoms with Crippen LogP contribution >= 0.6 is 0 Å². The Morgan fingerprint density at radius 1 is 1.27 bits per heavy atom. The second kappa shape index (κ2) is 4.76. The highest BCUT2D eigenvalue weighted by Gasteiger charge is 2.31. The molecule has 1 N–H and O–H groups in total. The van der Waals surface area contributed by atoms with Gasteiger partial charge < -0.3 is 5.32 Å². The van der Waals surface area contributed by atoms with Gasteiger partial charge in [-0.15, -0.1) is 0 Å². The molecule has 0 aromatic carbocycles. The van der Waals surface area contributed by atoms with Crippen molar-refractivity contribution in [2.24, 2.45) is 5.92 Å². The van der Waals surface area contributed by atoms with Gasteiger partial charge in [0.05, 0.1) is 0 Å². The first-order valence-electron chi connectivity index (χ1n) is 5.08. The van der Waals surface area contributed by atoms with Gasteiger partial charge >= 0.3 is 0 Å². The molecule has 66 valence electrons. The molecule has 0 heterocycles. The second-order valence-electron chi connectivity index (χ2n) is 3.83. The average molecular weight is 155 g/mol. The molecule has 1 fully saturated rings. The first-order valence-corrected chi connectivity index (χ1v) is 5.08. The molecule has 1 aliphatic carbocycles. The summed E-state index contributed by atoms with van der Waals surface area (Å²) in [5, 5.41) is 3.57. The highest BCUT2D eigenvalue weighted by atomic mass is 15.0. The van der Waals surface area contributed by atoms with Gasteiger partial charge in [-0.3, -0.25) is 0 Å². The highest BCUT2D eigenvalue weighted by molar-refractivity contribution is 4.89. The average Bonchev–Trinajstić information content (AvgIpc) is 2.67. The summed E-state index contributed by atoms with van der Waals surface area (Å²) in [6.45, 7) is 5.83. The van der Waals surface area contributed by atoms with Gasteiger partial charge in [-0.1, -0.05) is 33.1 Å². The zero-order chi connectivity index (χ0) is 8.10. The standard InChI is InChI=1S/C10H21N/c1-3-4-5-6-7-11-10-8-9(10)2/h9-11H,3-8H2,1-2H3. The third-order valence-electron chi connectivity index (χ3n) is 2.55. The fourth-order valence-electron chi connectivity index (χ4n) is 1.45. The van der Waals surface area contributed by atoms with Crippen molar-refractivity contribution in [3.05, 3.63) is 0 Å². The molecule has 0 amide bonds. The molecule has 1 heteroatoms. The van der Waals surface area contributed by atoms with Crippen LogP contribution in [-0.2, 0) is 0 Å². The normalized spacial score (nSPS) is 28.9. The molecule has 2 atom stereocenters. The van der Waals surface area contributed by atoms with Crippen LogP contribution in [0.1, 0.15) is 46.0 Å². The Morgan fingerprint density at radius 3 is 2.55 bits per heavy atom. The van der Waals surface area contributed by atoms with Crippen molar-refractivity contribution in [3.8, 4) is 0 Å². The highest BCUT2D eigenvalue weighted by Crippen LogP contribution is 2.28. The molecule has 1 aliphatic rings. The number of unbranched alkanes of at least 4 members (excludes halogenated alkanes) is 3. The molecule has 11 heavy (non-hydrogen) atoms.